The molecular formula is C39H28ClF3N2O6. The summed E-state index contributed by atoms with van der Waals surface area (Å²) in [5.74, 6) is -8.15. The molecule has 258 valence electrons. The van der Waals surface area contributed by atoms with Gasteiger partial charge in [0, 0.05) is 16.5 Å². The van der Waals surface area contributed by atoms with Crippen molar-refractivity contribution in [2.75, 3.05) is 9.80 Å². The maximum absolute atomic E-state index is 15.3. The molecule has 4 amide bonds. The lowest BCUT2D eigenvalue weighted by Gasteiger charge is -2.50. The summed E-state index contributed by atoms with van der Waals surface area (Å²) in [6, 6.07) is 26.2. The average Bonchev–Trinajstić information content (AvgIpc) is 3.50. The van der Waals surface area contributed by atoms with Crippen LogP contribution in [-0.2, 0) is 24.6 Å². The van der Waals surface area contributed by atoms with Gasteiger partial charge in [0.2, 0.25) is 23.6 Å². The maximum Gasteiger partial charge on any atom is 0.573 e. The van der Waals surface area contributed by atoms with Gasteiger partial charge in [0.15, 0.2) is 0 Å². The summed E-state index contributed by atoms with van der Waals surface area (Å²) in [6.45, 7) is 0. The first-order valence-electron chi connectivity index (χ1n) is 16.3. The predicted octanol–water partition coefficient (Wildman–Crippen LogP) is 7.31. The van der Waals surface area contributed by atoms with Gasteiger partial charge >= 0.3 is 6.36 Å². The van der Waals surface area contributed by atoms with Crippen LogP contribution in [0.4, 0.5) is 24.5 Å². The lowest BCUT2D eigenvalue weighted by Crippen LogP contribution is -2.53. The summed E-state index contributed by atoms with van der Waals surface area (Å²) in [5.41, 5.74) is -0.438. The van der Waals surface area contributed by atoms with E-state index in [4.69, 9.17) is 11.6 Å². The van der Waals surface area contributed by atoms with Crippen molar-refractivity contribution >= 4 is 46.6 Å². The van der Waals surface area contributed by atoms with Gasteiger partial charge in [0.25, 0.3) is 0 Å². The molecule has 2 aliphatic heterocycles. The zero-order chi connectivity index (χ0) is 35.8. The van der Waals surface area contributed by atoms with Gasteiger partial charge in [-0.1, -0.05) is 77.8 Å². The van der Waals surface area contributed by atoms with Crippen LogP contribution in [0.25, 0.3) is 0 Å². The van der Waals surface area contributed by atoms with Crippen LogP contribution >= 0.6 is 11.6 Å². The van der Waals surface area contributed by atoms with Crippen LogP contribution in [0.5, 0.6) is 11.5 Å². The summed E-state index contributed by atoms with van der Waals surface area (Å²) < 4.78 is 44.9. The number of para-hydroxylation sites is 1. The van der Waals surface area contributed by atoms with Crippen molar-refractivity contribution < 1.29 is 42.2 Å². The number of phenolic OH excluding ortho intramolecular Hbond substituents is 1. The lowest BCUT2D eigenvalue weighted by atomic mass is 9.49. The first kappa shape index (κ1) is 32.8. The number of rotatable bonds is 5. The number of amides is 4. The second kappa shape index (κ2) is 11.8. The molecule has 12 heteroatoms. The second-order valence-electron chi connectivity index (χ2n) is 13.2. The number of imide groups is 2. The van der Waals surface area contributed by atoms with E-state index in [1.807, 2.05) is 0 Å². The molecule has 1 saturated carbocycles. The monoisotopic (exact) mass is 712 g/mol. The standard InChI is InChI=1S/C39H28ClF3N2O6/c40-22-10-7-13-24(18-22)45-35(48)30-20-28-26(15-16-27-32(28)36(49)44(34(27)47)23-11-5-2-6-12-23)33(38(30,37(45)50)21-8-3-1-4-9-21)29-19-25(14-17-31(29)46)51-39(41,42)43/h1-15,17-19,27-28,30,32-33,46H,16,20H2/t27-,28+,30-,32-,33+,38+/m0/s1. The van der Waals surface area contributed by atoms with E-state index in [9.17, 15) is 32.7 Å². The Bertz CT molecular complexity index is 2140. The van der Waals surface area contributed by atoms with Crippen LogP contribution < -0.4 is 14.5 Å². The molecule has 51 heavy (non-hydrogen) atoms. The molecule has 2 aliphatic carbocycles. The number of benzene rings is 4. The van der Waals surface area contributed by atoms with Crippen molar-refractivity contribution in [1.29, 1.82) is 0 Å². The zero-order valence-corrected chi connectivity index (χ0v) is 27.3. The van der Waals surface area contributed by atoms with Gasteiger partial charge in [-0.05, 0) is 72.9 Å². The minimum absolute atomic E-state index is 0.0266. The molecule has 8 rings (SSSR count). The number of hydrogen-bond donors (Lipinski definition) is 1. The molecule has 4 aliphatic rings. The van der Waals surface area contributed by atoms with Crippen molar-refractivity contribution in [3.8, 4) is 11.5 Å². The molecule has 0 spiro atoms. The molecule has 4 aromatic rings. The van der Waals surface area contributed by atoms with E-state index in [0.29, 0.717) is 16.8 Å². The van der Waals surface area contributed by atoms with E-state index < -0.39 is 76.5 Å². The highest BCUT2D eigenvalue weighted by Gasteiger charge is 2.70. The van der Waals surface area contributed by atoms with Gasteiger partial charge in [-0.15, -0.1) is 13.2 Å². The van der Waals surface area contributed by atoms with Crippen LogP contribution in [0.3, 0.4) is 0 Å². The predicted molar refractivity (Wildman–Crippen MR) is 180 cm³/mol. The maximum atomic E-state index is 15.3. The SMILES string of the molecule is O=C1[C@H]2[C@H](CC=C3[C@H]2C[C@H]2C(=O)N(c4cccc(Cl)c4)C(=O)[C@@]2(c2ccccc2)[C@H]3c2cc(OC(F)(F)F)ccc2O)C(=O)N1c1ccccc1. The van der Waals surface area contributed by atoms with Gasteiger partial charge in [0.05, 0.1) is 34.5 Å². The molecule has 1 N–H and O–H groups in total. The Kier molecular flexibility index (Phi) is 7.60. The first-order valence-corrected chi connectivity index (χ1v) is 16.7. The van der Waals surface area contributed by atoms with E-state index in [-0.39, 0.29) is 29.1 Å². The van der Waals surface area contributed by atoms with Gasteiger partial charge in [-0.3, -0.25) is 24.1 Å². The number of phenols is 1. The molecule has 3 fully saturated rings. The fraction of sp³-hybridized carbons (Fsp3) is 0.231. The third kappa shape index (κ3) is 4.97. The average molecular weight is 713 g/mol. The summed E-state index contributed by atoms with van der Waals surface area (Å²) in [5, 5.41) is 11.7. The molecule has 0 aromatic heterocycles. The summed E-state index contributed by atoms with van der Waals surface area (Å²) in [7, 11) is 0. The van der Waals surface area contributed by atoms with Gasteiger partial charge < -0.3 is 9.84 Å². The zero-order valence-electron chi connectivity index (χ0n) is 26.6. The molecule has 2 saturated heterocycles. The lowest BCUT2D eigenvalue weighted by molar-refractivity contribution is -0.274. The minimum Gasteiger partial charge on any atom is -0.508 e. The third-order valence-electron chi connectivity index (χ3n) is 10.7. The third-order valence-corrected chi connectivity index (χ3v) is 11.0. The topological polar surface area (TPSA) is 104 Å². The molecule has 0 radical (unpaired) electrons. The summed E-state index contributed by atoms with van der Waals surface area (Å²) in [4.78, 5) is 60.5. The number of alkyl halides is 3. The number of halogens is 4. The first-order chi connectivity index (χ1) is 24.4. The number of carbonyl (C=O) groups is 4. The van der Waals surface area contributed by atoms with E-state index in [0.717, 1.165) is 28.0 Å². The quantitative estimate of drug-likeness (QED) is 0.172. The fourth-order valence-electron chi connectivity index (χ4n) is 8.88. The van der Waals surface area contributed by atoms with Crippen molar-refractivity contribution in [1.82, 2.24) is 0 Å². The molecule has 6 atom stereocenters. The van der Waals surface area contributed by atoms with Crippen molar-refractivity contribution in [3.63, 3.8) is 0 Å². The normalized spacial score (nSPS) is 27.2. The molecule has 8 nitrogen and oxygen atoms in total. The molecule has 0 unspecified atom stereocenters. The Hall–Kier alpha value is -5.42. The Balaban J connectivity index is 1.38. The Morgan fingerprint density at radius 2 is 1.45 bits per heavy atom. The number of fused-ring (bicyclic) bond motifs is 4. The Morgan fingerprint density at radius 1 is 0.765 bits per heavy atom. The van der Waals surface area contributed by atoms with E-state index in [1.165, 1.54) is 6.07 Å². The molecule has 4 aromatic carbocycles. The molecular weight excluding hydrogens is 685 g/mol. The number of anilines is 2. The fourth-order valence-corrected chi connectivity index (χ4v) is 9.07. The van der Waals surface area contributed by atoms with Crippen molar-refractivity contribution in [2.45, 2.75) is 30.5 Å². The second-order valence-corrected chi connectivity index (χ2v) is 13.6. The summed E-state index contributed by atoms with van der Waals surface area (Å²) >= 11 is 6.32. The van der Waals surface area contributed by atoms with Gasteiger partial charge in [0.1, 0.15) is 11.5 Å². The number of hydrogen-bond acceptors (Lipinski definition) is 6. The highest BCUT2D eigenvalue weighted by molar-refractivity contribution is 6.32. The number of ether oxygens (including phenoxy) is 1. The highest BCUT2D eigenvalue weighted by Crippen LogP contribution is 2.65. The number of nitrogens with zero attached hydrogens (tertiary/aromatic N) is 2. The van der Waals surface area contributed by atoms with Crippen LogP contribution in [0.1, 0.15) is 29.9 Å². The van der Waals surface area contributed by atoms with E-state index in [1.54, 1.807) is 84.9 Å². The molecule has 2 heterocycles. The largest absolute Gasteiger partial charge is 0.573 e. The van der Waals surface area contributed by atoms with Crippen molar-refractivity contribution in [3.05, 3.63) is 131 Å². The van der Waals surface area contributed by atoms with Crippen LogP contribution in [0.15, 0.2) is 115 Å². The van der Waals surface area contributed by atoms with E-state index >= 15 is 4.79 Å². The minimum atomic E-state index is -5.07. The van der Waals surface area contributed by atoms with Crippen LogP contribution in [-0.4, -0.2) is 35.1 Å². The highest BCUT2D eigenvalue weighted by atomic mass is 35.5. The number of aromatic hydroxyl groups is 1. The number of carbonyl (C=O) groups excluding carboxylic acids is 4. The van der Waals surface area contributed by atoms with Gasteiger partial charge in [-0.25, -0.2) is 4.90 Å². The van der Waals surface area contributed by atoms with Crippen LogP contribution in [0.2, 0.25) is 5.02 Å². The Morgan fingerprint density at radius 3 is 2.14 bits per heavy atom. The Labute approximate surface area is 294 Å². The molecule has 0 bridgehead atoms. The summed E-state index contributed by atoms with van der Waals surface area (Å²) in [6.07, 6.45) is -3.24. The van der Waals surface area contributed by atoms with Crippen LogP contribution in [0, 0.1) is 23.7 Å². The number of allylic oxidation sites excluding steroid dienone is 2. The van der Waals surface area contributed by atoms with Gasteiger partial charge in [-0.2, -0.15) is 0 Å². The smallest absolute Gasteiger partial charge is 0.508 e. The van der Waals surface area contributed by atoms with Crippen molar-refractivity contribution in [2.24, 2.45) is 23.7 Å². The van der Waals surface area contributed by atoms with E-state index in [2.05, 4.69) is 4.74 Å².